The second-order valence-corrected chi connectivity index (χ2v) is 7.03. The van der Waals surface area contributed by atoms with Crippen molar-refractivity contribution in [2.75, 3.05) is 32.7 Å². The summed E-state index contributed by atoms with van der Waals surface area (Å²) in [6.07, 6.45) is 2.10. The number of methoxy groups -OCH3 is 2. The molecule has 2 N–H and O–H groups in total. The van der Waals surface area contributed by atoms with Crippen LogP contribution in [0.25, 0.3) is 0 Å². The first kappa shape index (κ1) is 23.0. The molecule has 1 aromatic carbocycles. The number of unbranched alkanes of at least 4 members (excludes halogenated alkanes) is 1. The summed E-state index contributed by atoms with van der Waals surface area (Å²) in [6, 6.07) is 4.19. The largest absolute Gasteiger partial charge is 0.497 e. The molecule has 1 fully saturated rings. The standard InChI is InChI=1S/C20H27N3O7/c1-5-6-9-20(2)18(26)23(19(27)22-20)11-17(25)30-12-16(24)21-14-10-13(28-3)7-8-15(14)29-4/h7-8,10H,5-6,9,11-12H2,1-4H3,(H,21,24)(H,22,27)/t20-/m0/s1. The number of anilines is 1. The van der Waals surface area contributed by atoms with Gasteiger partial charge in [-0.1, -0.05) is 19.8 Å². The molecule has 0 aromatic heterocycles. The van der Waals surface area contributed by atoms with Gasteiger partial charge in [0.15, 0.2) is 6.61 Å². The fraction of sp³-hybridized carbons (Fsp3) is 0.500. The van der Waals surface area contributed by atoms with Gasteiger partial charge in [0.1, 0.15) is 23.6 Å². The van der Waals surface area contributed by atoms with Crippen LogP contribution in [0.15, 0.2) is 18.2 Å². The van der Waals surface area contributed by atoms with Crippen LogP contribution in [0.2, 0.25) is 0 Å². The number of esters is 1. The van der Waals surface area contributed by atoms with E-state index >= 15 is 0 Å². The lowest BCUT2D eigenvalue weighted by molar-refractivity contribution is -0.150. The predicted octanol–water partition coefficient (Wildman–Crippen LogP) is 1.69. The second kappa shape index (κ2) is 9.95. The summed E-state index contributed by atoms with van der Waals surface area (Å²) in [4.78, 5) is 49.6. The molecule has 4 amide bonds. The summed E-state index contributed by atoms with van der Waals surface area (Å²) in [5.74, 6) is -1.05. The van der Waals surface area contributed by atoms with Crippen molar-refractivity contribution < 1.29 is 33.4 Å². The number of carbonyl (C=O) groups excluding carboxylic acids is 4. The van der Waals surface area contributed by atoms with E-state index in [1.54, 1.807) is 25.1 Å². The third-order valence-electron chi connectivity index (χ3n) is 4.71. The topological polar surface area (TPSA) is 123 Å². The quantitative estimate of drug-likeness (QED) is 0.435. The average Bonchev–Trinajstić information content (AvgIpc) is 2.94. The number of amides is 4. The number of hydrogen-bond acceptors (Lipinski definition) is 7. The van der Waals surface area contributed by atoms with Gasteiger partial charge in [0.25, 0.3) is 11.8 Å². The summed E-state index contributed by atoms with van der Waals surface area (Å²) in [6.45, 7) is 2.45. The fourth-order valence-electron chi connectivity index (χ4n) is 3.01. The van der Waals surface area contributed by atoms with Gasteiger partial charge in [-0.15, -0.1) is 0 Å². The van der Waals surface area contributed by atoms with Crippen LogP contribution in [0.4, 0.5) is 10.5 Å². The van der Waals surface area contributed by atoms with Crippen molar-refractivity contribution in [3.05, 3.63) is 18.2 Å². The molecule has 0 aliphatic carbocycles. The van der Waals surface area contributed by atoms with Gasteiger partial charge in [-0.05, 0) is 25.5 Å². The smallest absolute Gasteiger partial charge is 0.326 e. The van der Waals surface area contributed by atoms with Crippen molar-refractivity contribution in [3.63, 3.8) is 0 Å². The molecule has 0 unspecified atom stereocenters. The zero-order valence-electron chi connectivity index (χ0n) is 17.6. The second-order valence-electron chi connectivity index (χ2n) is 7.03. The first-order valence-electron chi connectivity index (χ1n) is 9.55. The van der Waals surface area contributed by atoms with Crippen molar-refractivity contribution >= 4 is 29.5 Å². The maximum absolute atomic E-state index is 12.5. The molecular formula is C20H27N3O7. The molecule has 1 aliphatic rings. The van der Waals surface area contributed by atoms with Crippen LogP contribution >= 0.6 is 0 Å². The third-order valence-corrected chi connectivity index (χ3v) is 4.71. The highest BCUT2D eigenvalue weighted by atomic mass is 16.5. The van der Waals surface area contributed by atoms with Gasteiger partial charge < -0.3 is 24.8 Å². The third kappa shape index (κ3) is 5.40. The lowest BCUT2D eigenvalue weighted by atomic mass is 9.95. The Morgan fingerprint density at radius 2 is 1.93 bits per heavy atom. The zero-order valence-corrected chi connectivity index (χ0v) is 17.6. The molecule has 30 heavy (non-hydrogen) atoms. The molecule has 0 saturated carbocycles. The Bertz CT molecular complexity index is 827. The summed E-state index contributed by atoms with van der Waals surface area (Å²) < 4.78 is 15.2. The number of urea groups is 1. The maximum atomic E-state index is 12.5. The lowest BCUT2D eigenvalue weighted by Crippen LogP contribution is -2.44. The molecule has 0 radical (unpaired) electrons. The van der Waals surface area contributed by atoms with Gasteiger partial charge in [0.2, 0.25) is 0 Å². The number of rotatable bonds is 10. The van der Waals surface area contributed by atoms with Gasteiger partial charge in [-0.2, -0.15) is 0 Å². The van der Waals surface area contributed by atoms with Crippen molar-refractivity contribution in [2.24, 2.45) is 0 Å². The highest BCUT2D eigenvalue weighted by molar-refractivity contribution is 6.08. The average molecular weight is 421 g/mol. The molecule has 1 aliphatic heterocycles. The van der Waals surface area contributed by atoms with Crippen LogP contribution in [0.1, 0.15) is 33.1 Å². The van der Waals surface area contributed by atoms with Gasteiger partial charge in [-0.3, -0.25) is 19.3 Å². The van der Waals surface area contributed by atoms with E-state index in [9.17, 15) is 19.2 Å². The summed E-state index contributed by atoms with van der Waals surface area (Å²) in [5.41, 5.74) is -0.688. The van der Waals surface area contributed by atoms with Gasteiger partial charge in [-0.25, -0.2) is 4.79 Å². The number of nitrogens with one attached hydrogen (secondary N) is 2. The Balaban J connectivity index is 1.90. The van der Waals surface area contributed by atoms with Crippen molar-refractivity contribution in [2.45, 2.75) is 38.6 Å². The van der Waals surface area contributed by atoms with Crippen molar-refractivity contribution in [3.8, 4) is 11.5 Å². The minimum absolute atomic E-state index is 0.346. The first-order valence-corrected chi connectivity index (χ1v) is 9.55. The first-order chi connectivity index (χ1) is 14.2. The Hall–Kier alpha value is -3.30. The molecular weight excluding hydrogens is 394 g/mol. The van der Waals surface area contributed by atoms with E-state index in [1.165, 1.54) is 14.2 Å². The Labute approximate surface area is 174 Å². The molecule has 1 aromatic rings. The van der Waals surface area contributed by atoms with Crippen molar-refractivity contribution in [1.29, 1.82) is 0 Å². The van der Waals surface area contributed by atoms with Crippen molar-refractivity contribution in [1.82, 2.24) is 10.2 Å². The van der Waals surface area contributed by atoms with Crippen LogP contribution in [0.3, 0.4) is 0 Å². The predicted molar refractivity (Wildman–Crippen MR) is 107 cm³/mol. The number of benzene rings is 1. The number of nitrogens with zero attached hydrogens (tertiary/aromatic N) is 1. The van der Waals surface area contributed by atoms with E-state index in [0.29, 0.717) is 23.6 Å². The zero-order chi connectivity index (χ0) is 22.3. The molecule has 1 heterocycles. The summed E-state index contributed by atoms with van der Waals surface area (Å²) in [7, 11) is 2.93. The monoisotopic (exact) mass is 421 g/mol. The van der Waals surface area contributed by atoms with Gasteiger partial charge >= 0.3 is 12.0 Å². The molecule has 2 rings (SSSR count). The summed E-state index contributed by atoms with van der Waals surface area (Å²) in [5, 5.41) is 5.17. The van der Waals surface area contributed by atoms with Gasteiger partial charge in [0.05, 0.1) is 19.9 Å². The molecule has 10 heteroatoms. The SMILES string of the molecule is CCCC[C@]1(C)NC(=O)N(CC(=O)OCC(=O)Nc2cc(OC)ccc2OC)C1=O. The van der Waals surface area contributed by atoms with Crippen LogP contribution < -0.4 is 20.1 Å². The lowest BCUT2D eigenvalue weighted by Gasteiger charge is -2.21. The van der Waals surface area contributed by atoms with E-state index in [1.807, 2.05) is 6.92 Å². The van der Waals surface area contributed by atoms with Crippen LogP contribution in [-0.2, 0) is 19.1 Å². The van der Waals surface area contributed by atoms with E-state index in [-0.39, 0.29) is 0 Å². The minimum atomic E-state index is -1.03. The van der Waals surface area contributed by atoms with Gasteiger partial charge in [0, 0.05) is 6.07 Å². The Morgan fingerprint density at radius 3 is 2.57 bits per heavy atom. The molecule has 1 saturated heterocycles. The number of imide groups is 1. The molecule has 0 spiro atoms. The van der Waals surface area contributed by atoms with Crippen LogP contribution in [0, 0.1) is 0 Å². The maximum Gasteiger partial charge on any atom is 0.326 e. The highest BCUT2D eigenvalue weighted by Gasteiger charge is 2.47. The number of ether oxygens (including phenoxy) is 3. The molecule has 1 atom stereocenters. The van der Waals surface area contributed by atoms with E-state index < -0.39 is 42.5 Å². The summed E-state index contributed by atoms with van der Waals surface area (Å²) >= 11 is 0. The van der Waals surface area contributed by atoms with E-state index in [0.717, 1.165) is 17.7 Å². The van der Waals surface area contributed by atoms with Crippen LogP contribution in [-0.4, -0.2) is 61.6 Å². The molecule has 0 bridgehead atoms. The fourth-order valence-corrected chi connectivity index (χ4v) is 3.01. The van der Waals surface area contributed by atoms with E-state index in [4.69, 9.17) is 14.2 Å². The Morgan fingerprint density at radius 1 is 1.20 bits per heavy atom. The highest BCUT2D eigenvalue weighted by Crippen LogP contribution is 2.28. The number of hydrogen-bond donors (Lipinski definition) is 2. The normalized spacial score (nSPS) is 18.1. The minimum Gasteiger partial charge on any atom is -0.497 e. The number of carbonyl (C=O) groups is 4. The van der Waals surface area contributed by atoms with E-state index in [2.05, 4.69) is 10.6 Å². The molecule has 10 nitrogen and oxygen atoms in total. The molecule has 164 valence electrons. The Kier molecular flexibility index (Phi) is 7.62. The van der Waals surface area contributed by atoms with Crippen LogP contribution in [0.5, 0.6) is 11.5 Å².